The Morgan fingerprint density at radius 3 is 2.39 bits per heavy atom. The highest BCUT2D eigenvalue weighted by atomic mass is 32.2. The molecule has 0 aromatic carbocycles. The Kier molecular flexibility index (Phi) is 6.25. The van der Waals surface area contributed by atoms with E-state index in [2.05, 4.69) is 47.6 Å². The molecule has 0 amide bonds. The van der Waals surface area contributed by atoms with Crippen LogP contribution in [0.1, 0.15) is 31.7 Å². The molecule has 1 atom stereocenters. The number of hydrogen-bond acceptors (Lipinski definition) is 5. The van der Waals surface area contributed by atoms with Crippen molar-refractivity contribution in [2.75, 3.05) is 29.7 Å². The van der Waals surface area contributed by atoms with Gasteiger partial charge in [-0.1, -0.05) is 13.8 Å². The van der Waals surface area contributed by atoms with Crippen LogP contribution in [0.4, 0.5) is 11.6 Å². The van der Waals surface area contributed by atoms with Gasteiger partial charge in [0.25, 0.3) is 0 Å². The van der Waals surface area contributed by atoms with Gasteiger partial charge in [-0.05, 0) is 19.6 Å². The summed E-state index contributed by atoms with van der Waals surface area (Å²) in [5.41, 5.74) is 1.09. The summed E-state index contributed by atoms with van der Waals surface area (Å²) in [6.07, 6.45) is 4.08. The Bertz CT molecular complexity index is 381. The van der Waals surface area contributed by atoms with Gasteiger partial charge in [-0.3, -0.25) is 0 Å². The molecule has 1 aromatic rings. The molecule has 0 radical (unpaired) electrons. The lowest BCUT2D eigenvalue weighted by atomic mass is 10.2. The van der Waals surface area contributed by atoms with Crippen molar-refractivity contribution >= 4 is 23.4 Å². The molecule has 18 heavy (non-hydrogen) atoms. The summed E-state index contributed by atoms with van der Waals surface area (Å²) >= 11 is 1.86. The number of rotatable bonds is 7. The lowest BCUT2D eigenvalue weighted by Gasteiger charge is -2.19. The highest BCUT2D eigenvalue weighted by Crippen LogP contribution is 2.21. The highest BCUT2D eigenvalue weighted by Gasteiger charge is 2.12. The van der Waals surface area contributed by atoms with Crippen molar-refractivity contribution in [3.05, 3.63) is 11.4 Å². The number of nitrogens with one attached hydrogen (secondary N) is 2. The second-order valence-corrected chi connectivity index (χ2v) is 5.18. The van der Waals surface area contributed by atoms with Crippen molar-refractivity contribution in [3.8, 4) is 0 Å². The van der Waals surface area contributed by atoms with E-state index in [9.17, 15) is 0 Å². The summed E-state index contributed by atoms with van der Waals surface area (Å²) in [5, 5.41) is 6.67. The Labute approximate surface area is 114 Å². The van der Waals surface area contributed by atoms with Crippen molar-refractivity contribution in [3.63, 3.8) is 0 Å². The van der Waals surface area contributed by atoms with Crippen molar-refractivity contribution in [1.82, 2.24) is 9.97 Å². The first-order chi connectivity index (χ1) is 8.65. The molecule has 1 aromatic heterocycles. The molecule has 0 aliphatic carbocycles. The molecule has 0 saturated carbocycles. The topological polar surface area (TPSA) is 49.8 Å². The smallest absolute Gasteiger partial charge is 0.135 e. The molecule has 0 saturated heterocycles. The third-order valence-electron chi connectivity index (χ3n) is 2.95. The summed E-state index contributed by atoms with van der Waals surface area (Å²) in [5.74, 6) is 3.86. The molecule has 0 spiro atoms. The minimum atomic E-state index is 0.461. The Hall–Kier alpha value is -0.970. The molecule has 0 aliphatic heterocycles. The number of anilines is 2. The van der Waals surface area contributed by atoms with Crippen LogP contribution < -0.4 is 10.6 Å². The van der Waals surface area contributed by atoms with Gasteiger partial charge in [0.05, 0.1) is 0 Å². The molecule has 2 N–H and O–H groups in total. The second kappa shape index (κ2) is 7.46. The van der Waals surface area contributed by atoms with Gasteiger partial charge in [-0.25, -0.2) is 9.97 Å². The number of hydrogen-bond donors (Lipinski definition) is 2. The Morgan fingerprint density at radius 2 is 1.89 bits per heavy atom. The van der Waals surface area contributed by atoms with Crippen molar-refractivity contribution in [2.45, 2.75) is 39.7 Å². The van der Waals surface area contributed by atoms with E-state index < -0.39 is 0 Å². The van der Waals surface area contributed by atoms with E-state index in [1.54, 1.807) is 0 Å². The van der Waals surface area contributed by atoms with Crippen LogP contribution in [0.25, 0.3) is 0 Å². The Morgan fingerprint density at radius 1 is 1.22 bits per heavy atom. The van der Waals surface area contributed by atoms with Crippen molar-refractivity contribution < 1.29 is 0 Å². The standard InChI is InChI=1S/C13H24N4S/c1-6-10(8-18-5)15-13-9(3)12(14-4)16-11(7-2)17-13/h10H,6-8H2,1-5H3,(H2,14,15,16,17). The maximum atomic E-state index is 4.60. The second-order valence-electron chi connectivity index (χ2n) is 4.27. The third-order valence-corrected chi connectivity index (χ3v) is 3.68. The van der Waals surface area contributed by atoms with Gasteiger partial charge in [-0.15, -0.1) is 0 Å². The van der Waals surface area contributed by atoms with Crippen LogP contribution in [-0.2, 0) is 6.42 Å². The van der Waals surface area contributed by atoms with Crippen LogP contribution in [0.5, 0.6) is 0 Å². The zero-order valence-corrected chi connectivity index (χ0v) is 12.8. The predicted molar refractivity (Wildman–Crippen MR) is 81.8 cm³/mol. The third kappa shape index (κ3) is 3.77. The molecular weight excluding hydrogens is 244 g/mol. The quantitative estimate of drug-likeness (QED) is 0.796. The summed E-state index contributed by atoms with van der Waals surface area (Å²) in [4.78, 5) is 9.08. The fourth-order valence-corrected chi connectivity index (χ4v) is 2.48. The molecule has 0 bridgehead atoms. The molecule has 102 valence electrons. The van der Waals surface area contributed by atoms with E-state index in [4.69, 9.17) is 0 Å². The van der Waals surface area contributed by atoms with Gasteiger partial charge >= 0.3 is 0 Å². The SMILES string of the molecule is CCc1nc(NC)c(C)c(NC(CC)CSC)n1. The fraction of sp³-hybridized carbons (Fsp3) is 0.692. The van der Waals surface area contributed by atoms with Crippen LogP contribution in [-0.4, -0.2) is 35.1 Å². The van der Waals surface area contributed by atoms with E-state index in [1.165, 1.54) is 0 Å². The van der Waals surface area contributed by atoms with Gasteiger partial charge < -0.3 is 10.6 Å². The van der Waals surface area contributed by atoms with Gasteiger partial charge in [-0.2, -0.15) is 11.8 Å². The lowest BCUT2D eigenvalue weighted by Crippen LogP contribution is -2.23. The Balaban J connectivity index is 2.98. The molecule has 1 heterocycles. The first kappa shape index (κ1) is 15.1. The number of aromatic nitrogens is 2. The molecular formula is C13H24N4S. The summed E-state index contributed by atoms with van der Waals surface area (Å²) < 4.78 is 0. The summed E-state index contributed by atoms with van der Waals surface area (Å²) in [6.45, 7) is 6.33. The molecule has 4 nitrogen and oxygen atoms in total. The minimum absolute atomic E-state index is 0.461. The van der Waals surface area contributed by atoms with E-state index in [-0.39, 0.29) is 0 Å². The zero-order valence-electron chi connectivity index (χ0n) is 12.0. The van der Waals surface area contributed by atoms with Crippen LogP contribution in [0.3, 0.4) is 0 Å². The first-order valence-electron chi connectivity index (χ1n) is 6.46. The van der Waals surface area contributed by atoms with E-state index in [1.807, 2.05) is 18.8 Å². The molecule has 0 aliphatic rings. The maximum Gasteiger partial charge on any atom is 0.135 e. The minimum Gasteiger partial charge on any atom is -0.373 e. The van der Waals surface area contributed by atoms with Crippen LogP contribution >= 0.6 is 11.8 Å². The normalized spacial score (nSPS) is 12.3. The molecule has 1 rings (SSSR count). The lowest BCUT2D eigenvalue weighted by molar-refractivity contribution is 0.764. The average molecular weight is 268 g/mol. The summed E-state index contributed by atoms with van der Waals surface area (Å²) in [6, 6.07) is 0.461. The number of thioether (sulfide) groups is 1. The van der Waals surface area contributed by atoms with Gasteiger partial charge in [0.1, 0.15) is 17.5 Å². The van der Waals surface area contributed by atoms with Gasteiger partial charge in [0.2, 0.25) is 0 Å². The predicted octanol–water partition coefficient (Wildman–Crippen LogP) is 2.94. The number of aryl methyl sites for hydroxylation is 1. The average Bonchev–Trinajstić information content (AvgIpc) is 2.40. The maximum absolute atomic E-state index is 4.60. The molecule has 5 heteroatoms. The number of nitrogens with zero attached hydrogens (tertiary/aromatic N) is 2. The zero-order chi connectivity index (χ0) is 13.5. The van der Waals surface area contributed by atoms with Crippen LogP contribution in [0.15, 0.2) is 0 Å². The van der Waals surface area contributed by atoms with Gasteiger partial charge in [0.15, 0.2) is 0 Å². The van der Waals surface area contributed by atoms with Gasteiger partial charge in [0, 0.05) is 30.8 Å². The first-order valence-corrected chi connectivity index (χ1v) is 7.86. The highest BCUT2D eigenvalue weighted by molar-refractivity contribution is 7.98. The molecule has 1 unspecified atom stereocenters. The van der Waals surface area contributed by atoms with Crippen LogP contribution in [0.2, 0.25) is 0 Å². The van der Waals surface area contributed by atoms with E-state index >= 15 is 0 Å². The monoisotopic (exact) mass is 268 g/mol. The van der Waals surface area contributed by atoms with E-state index in [0.29, 0.717) is 6.04 Å². The van der Waals surface area contributed by atoms with E-state index in [0.717, 1.165) is 41.6 Å². The largest absolute Gasteiger partial charge is 0.373 e. The van der Waals surface area contributed by atoms with Crippen LogP contribution in [0, 0.1) is 6.92 Å². The summed E-state index contributed by atoms with van der Waals surface area (Å²) in [7, 11) is 1.90. The van der Waals surface area contributed by atoms with Crippen molar-refractivity contribution in [1.29, 1.82) is 0 Å². The molecule has 0 fully saturated rings. The fourth-order valence-electron chi connectivity index (χ4n) is 1.76. The van der Waals surface area contributed by atoms with Crippen molar-refractivity contribution in [2.24, 2.45) is 0 Å².